The fraction of sp³-hybridized carbons (Fsp3) is 0.333. The van der Waals surface area contributed by atoms with Gasteiger partial charge in [-0.1, -0.05) is 68.3 Å². The lowest BCUT2D eigenvalue weighted by Crippen LogP contribution is -2.46. The molecule has 0 radical (unpaired) electrons. The maximum Gasteiger partial charge on any atom is 0.276 e. The molecule has 2 rings (SSSR count). The first-order chi connectivity index (χ1) is 13.9. The molecule has 0 heterocycles. The van der Waals surface area contributed by atoms with E-state index < -0.39 is 27.4 Å². The summed E-state index contributed by atoms with van der Waals surface area (Å²) in [7, 11) is -3.49. The number of benzene rings is 2. The number of hydrazine groups is 1. The third-order valence-electron chi connectivity index (χ3n) is 4.08. The minimum absolute atomic E-state index is 0.0401. The second-order valence-electron chi connectivity index (χ2n) is 6.55. The van der Waals surface area contributed by atoms with E-state index in [1.165, 1.54) is 0 Å². The lowest BCUT2D eigenvalue weighted by atomic mass is 10.1. The van der Waals surface area contributed by atoms with Crippen molar-refractivity contribution in [2.24, 2.45) is 0 Å². The fourth-order valence-corrected chi connectivity index (χ4v) is 3.91. The minimum atomic E-state index is -3.49. The lowest BCUT2D eigenvalue weighted by Gasteiger charge is -2.12. The topological polar surface area (TPSA) is 102 Å². The van der Waals surface area contributed by atoms with Crippen molar-refractivity contribution >= 4 is 21.7 Å². The molecule has 156 valence electrons. The van der Waals surface area contributed by atoms with E-state index in [1.54, 1.807) is 12.1 Å². The molecule has 0 spiro atoms. The maximum atomic E-state index is 11.9. The Hall–Kier alpha value is -2.87. The highest BCUT2D eigenvalue weighted by Crippen LogP contribution is 2.29. The highest BCUT2D eigenvalue weighted by Gasteiger charge is 2.17. The zero-order chi connectivity index (χ0) is 21.1. The molecule has 7 nitrogen and oxygen atoms in total. The van der Waals surface area contributed by atoms with Crippen molar-refractivity contribution in [1.29, 1.82) is 0 Å². The number of amides is 2. The second-order valence-corrected chi connectivity index (χ2v) is 8.73. The van der Waals surface area contributed by atoms with Gasteiger partial charge in [0.15, 0.2) is 16.4 Å². The van der Waals surface area contributed by atoms with Crippen molar-refractivity contribution in [2.45, 2.75) is 26.2 Å². The van der Waals surface area contributed by atoms with E-state index in [0.29, 0.717) is 12.2 Å². The van der Waals surface area contributed by atoms with Crippen molar-refractivity contribution in [3.05, 3.63) is 54.6 Å². The van der Waals surface area contributed by atoms with Gasteiger partial charge in [0.1, 0.15) is 11.5 Å². The van der Waals surface area contributed by atoms with Gasteiger partial charge in [0, 0.05) is 5.56 Å². The average molecular weight is 419 g/mol. The van der Waals surface area contributed by atoms with Gasteiger partial charge in [-0.05, 0) is 18.1 Å². The molecule has 0 unspecified atom stereocenters. The molecule has 8 heteroatoms. The van der Waals surface area contributed by atoms with Gasteiger partial charge < -0.3 is 4.74 Å². The third kappa shape index (κ3) is 7.95. The summed E-state index contributed by atoms with van der Waals surface area (Å²) in [6.45, 7) is 1.64. The number of carbonyl (C=O) groups is 2. The second kappa shape index (κ2) is 11.2. The molecule has 29 heavy (non-hydrogen) atoms. The van der Waals surface area contributed by atoms with E-state index in [9.17, 15) is 18.0 Å². The monoisotopic (exact) mass is 418 g/mol. The van der Waals surface area contributed by atoms with Gasteiger partial charge in [0.05, 0.1) is 5.75 Å². The molecule has 0 saturated heterocycles. The molecule has 0 saturated carbocycles. The molecule has 0 atom stereocenters. The smallest absolute Gasteiger partial charge is 0.276 e. The lowest BCUT2D eigenvalue weighted by molar-refractivity contribution is -0.128. The van der Waals surface area contributed by atoms with Crippen LogP contribution in [0.4, 0.5) is 0 Å². The van der Waals surface area contributed by atoms with Crippen LogP contribution in [0.15, 0.2) is 54.6 Å². The van der Waals surface area contributed by atoms with Gasteiger partial charge >= 0.3 is 0 Å². The summed E-state index contributed by atoms with van der Waals surface area (Å²) >= 11 is 0. The Bertz CT molecular complexity index is 914. The van der Waals surface area contributed by atoms with Gasteiger partial charge in [-0.15, -0.1) is 0 Å². The van der Waals surface area contributed by atoms with E-state index in [2.05, 4.69) is 10.9 Å². The van der Waals surface area contributed by atoms with E-state index in [0.717, 1.165) is 24.0 Å². The van der Waals surface area contributed by atoms with Gasteiger partial charge in [-0.25, -0.2) is 8.42 Å². The fourth-order valence-electron chi connectivity index (χ4n) is 2.65. The highest BCUT2D eigenvalue weighted by atomic mass is 32.2. The number of para-hydroxylation sites is 1. The van der Waals surface area contributed by atoms with Gasteiger partial charge in [0.25, 0.3) is 11.8 Å². The van der Waals surface area contributed by atoms with E-state index >= 15 is 0 Å². The van der Waals surface area contributed by atoms with Crippen LogP contribution in [0.3, 0.4) is 0 Å². The summed E-state index contributed by atoms with van der Waals surface area (Å²) in [6.07, 6.45) is 2.21. The third-order valence-corrected chi connectivity index (χ3v) is 5.69. The molecule has 2 aromatic rings. The van der Waals surface area contributed by atoms with Crippen LogP contribution in [0.1, 0.15) is 26.2 Å². The molecular formula is C21H26N2O5S. The Kier molecular flexibility index (Phi) is 8.67. The number of nitrogens with one attached hydrogen (secondary N) is 2. The number of unbranched alkanes of at least 4 members (excludes halogenated alkanes) is 2. The Morgan fingerprint density at radius 2 is 1.55 bits per heavy atom. The molecule has 0 aliphatic heterocycles. The van der Waals surface area contributed by atoms with Crippen molar-refractivity contribution in [3.63, 3.8) is 0 Å². The summed E-state index contributed by atoms with van der Waals surface area (Å²) in [6, 6.07) is 16.9. The standard InChI is InChI=1S/C21H26N2O5S/c1-2-3-9-14-29(26,27)16-21(25)23-22-20(24)15-28-19-13-8-7-12-18(19)17-10-5-4-6-11-17/h4-8,10-13H,2-3,9,14-16H2,1H3,(H,22,24)(H,23,25). The van der Waals surface area contributed by atoms with E-state index in [1.807, 2.05) is 49.4 Å². The number of hydrogen-bond acceptors (Lipinski definition) is 5. The summed E-state index contributed by atoms with van der Waals surface area (Å²) in [5, 5.41) is 0. The van der Waals surface area contributed by atoms with Crippen LogP contribution in [0, 0.1) is 0 Å². The van der Waals surface area contributed by atoms with Crippen LogP contribution >= 0.6 is 0 Å². The quantitative estimate of drug-likeness (QED) is 0.456. The van der Waals surface area contributed by atoms with Gasteiger partial charge in [-0.2, -0.15) is 0 Å². The predicted octanol–water partition coefficient (Wildman–Crippen LogP) is 2.48. The average Bonchev–Trinajstić information content (AvgIpc) is 2.71. The minimum Gasteiger partial charge on any atom is -0.483 e. The Morgan fingerprint density at radius 1 is 0.897 bits per heavy atom. The molecular weight excluding hydrogens is 392 g/mol. The SMILES string of the molecule is CCCCCS(=O)(=O)CC(=O)NNC(=O)COc1ccccc1-c1ccccc1. The number of carbonyl (C=O) groups excluding carboxylic acids is 2. The van der Waals surface area contributed by atoms with Crippen LogP contribution in [0.25, 0.3) is 11.1 Å². The van der Waals surface area contributed by atoms with Crippen molar-refractivity contribution in [1.82, 2.24) is 10.9 Å². The summed E-state index contributed by atoms with van der Waals surface area (Å²) in [5.41, 5.74) is 6.07. The van der Waals surface area contributed by atoms with Gasteiger partial charge in [0.2, 0.25) is 0 Å². The Balaban J connectivity index is 1.82. The van der Waals surface area contributed by atoms with E-state index in [4.69, 9.17) is 4.74 Å². The first-order valence-electron chi connectivity index (χ1n) is 9.46. The van der Waals surface area contributed by atoms with Crippen molar-refractivity contribution < 1.29 is 22.7 Å². The normalized spacial score (nSPS) is 10.9. The molecule has 2 amide bonds. The molecule has 0 aromatic heterocycles. The van der Waals surface area contributed by atoms with Crippen molar-refractivity contribution in [3.8, 4) is 16.9 Å². The van der Waals surface area contributed by atoms with Crippen LogP contribution in [-0.2, 0) is 19.4 Å². The predicted molar refractivity (Wildman–Crippen MR) is 112 cm³/mol. The van der Waals surface area contributed by atoms with Gasteiger partial charge in [-0.3, -0.25) is 20.4 Å². The molecule has 0 aliphatic carbocycles. The molecule has 2 N–H and O–H groups in total. The first-order valence-corrected chi connectivity index (χ1v) is 11.3. The van der Waals surface area contributed by atoms with E-state index in [-0.39, 0.29) is 12.4 Å². The Labute approximate surface area is 171 Å². The largest absolute Gasteiger partial charge is 0.483 e. The maximum absolute atomic E-state index is 11.9. The zero-order valence-electron chi connectivity index (χ0n) is 16.4. The zero-order valence-corrected chi connectivity index (χ0v) is 17.2. The first kappa shape index (κ1) is 22.4. The summed E-state index contributed by atoms with van der Waals surface area (Å²) in [4.78, 5) is 23.7. The van der Waals surface area contributed by atoms with Crippen molar-refractivity contribution in [2.75, 3.05) is 18.1 Å². The molecule has 0 aliphatic rings. The van der Waals surface area contributed by atoms with Crippen LogP contribution < -0.4 is 15.6 Å². The van der Waals surface area contributed by atoms with Crippen LogP contribution in [0.2, 0.25) is 0 Å². The van der Waals surface area contributed by atoms with Crippen LogP contribution in [0.5, 0.6) is 5.75 Å². The number of ether oxygens (including phenoxy) is 1. The Morgan fingerprint density at radius 3 is 2.28 bits per heavy atom. The summed E-state index contributed by atoms with van der Waals surface area (Å²) in [5.74, 6) is -1.54. The molecule has 0 bridgehead atoms. The molecule has 2 aromatic carbocycles. The molecule has 0 fully saturated rings. The number of hydrogen-bond donors (Lipinski definition) is 2. The summed E-state index contributed by atoms with van der Waals surface area (Å²) < 4.78 is 29.3. The highest BCUT2D eigenvalue weighted by molar-refractivity contribution is 7.92. The number of sulfone groups is 1. The number of rotatable bonds is 10. The van der Waals surface area contributed by atoms with Crippen LogP contribution in [-0.4, -0.2) is 38.3 Å².